The van der Waals surface area contributed by atoms with E-state index in [4.69, 9.17) is 23.2 Å². The maximum Gasteiger partial charge on any atom is 0.0263 e. The highest BCUT2D eigenvalue weighted by Crippen LogP contribution is 2.20. The smallest absolute Gasteiger partial charge is 0.0263 e. The maximum atomic E-state index is 5.76. The lowest BCUT2D eigenvalue weighted by Gasteiger charge is -2.08. The third-order valence-corrected chi connectivity index (χ3v) is 3.89. The molecule has 78 valence electrons. The Labute approximate surface area is 100.0 Å². The van der Waals surface area contributed by atoms with Gasteiger partial charge in [-0.05, 0) is 30.2 Å². The van der Waals surface area contributed by atoms with Crippen LogP contribution in [-0.4, -0.2) is 17.5 Å². The lowest BCUT2D eigenvalue weighted by atomic mass is 10.2. The van der Waals surface area contributed by atoms with Crippen LogP contribution >= 0.6 is 35.0 Å². The molecule has 0 amide bonds. The largest absolute Gasteiger partial charge is 0.126 e. The fourth-order valence-electron chi connectivity index (χ4n) is 1.06. The average Bonchev–Trinajstić information content (AvgIpc) is 2.26. The average molecular weight is 249 g/mol. The molecule has 0 unspecified atom stereocenters. The Balaban J connectivity index is 2.21. The zero-order valence-electron chi connectivity index (χ0n) is 7.96. The van der Waals surface area contributed by atoms with Crippen molar-refractivity contribution >= 4 is 35.0 Å². The molecule has 0 atom stereocenters. The molecular weight excluding hydrogens is 235 g/mol. The zero-order valence-corrected chi connectivity index (χ0v) is 10.3. The van der Waals surface area contributed by atoms with Crippen molar-refractivity contribution in [2.45, 2.75) is 11.3 Å². The van der Waals surface area contributed by atoms with E-state index in [2.05, 4.69) is 24.3 Å². The first-order valence-corrected chi connectivity index (χ1v) is 6.72. The zero-order chi connectivity index (χ0) is 10.2. The number of thioether (sulfide) groups is 1. The summed E-state index contributed by atoms with van der Waals surface area (Å²) in [5.41, 5.74) is 0. The van der Waals surface area contributed by atoms with Gasteiger partial charge >= 0.3 is 0 Å². The highest BCUT2D eigenvalue weighted by atomic mass is 35.5. The van der Waals surface area contributed by atoms with E-state index >= 15 is 0 Å². The topological polar surface area (TPSA) is 0 Å². The third kappa shape index (κ3) is 4.59. The van der Waals surface area contributed by atoms with Crippen molar-refractivity contribution in [3.05, 3.63) is 30.3 Å². The van der Waals surface area contributed by atoms with E-state index in [9.17, 15) is 0 Å². The van der Waals surface area contributed by atoms with Crippen LogP contribution in [0.25, 0.3) is 0 Å². The van der Waals surface area contributed by atoms with Crippen LogP contribution in [0.5, 0.6) is 0 Å². The Hall–Kier alpha value is 0.150. The molecule has 3 heteroatoms. The maximum absolute atomic E-state index is 5.76. The summed E-state index contributed by atoms with van der Waals surface area (Å²) in [4.78, 5) is 1.32. The minimum absolute atomic E-state index is 0.453. The Morgan fingerprint density at radius 3 is 2.29 bits per heavy atom. The van der Waals surface area contributed by atoms with Gasteiger partial charge in [0.1, 0.15) is 0 Å². The number of alkyl halides is 2. The molecule has 0 heterocycles. The Morgan fingerprint density at radius 2 is 1.71 bits per heavy atom. The van der Waals surface area contributed by atoms with Crippen LogP contribution in [0.1, 0.15) is 6.42 Å². The Bertz CT molecular complexity index is 234. The Morgan fingerprint density at radius 1 is 1.07 bits per heavy atom. The van der Waals surface area contributed by atoms with Crippen LogP contribution in [0.4, 0.5) is 0 Å². The minimum atomic E-state index is 0.453. The monoisotopic (exact) mass is 248 g/mol. The second kappa shape index (κ2) is 7.44. The van der Waals surface area contributed by atoms with Crippen molar-refractivity contribution in [3.63, 3.8) is 0 Å². The molecule has 0 spiro atoms. The fraction of sp³-hybridized carbons (Fsp3) is 0.455. The first-order valence-electron chi connectivity index (χ1n) is 4.66. The molecule has 0 aliphatic carbocycles. The number of benzene rings is 1. The molecule has 1 rings (SSSR count). The van der Waals surface area contributed by atoms with Gasteiger partial charge in [-0.1, -0.05) is 18.2 Å². The highest BCUT2D eigenvalue weighted by Gasteiger charge is 2.05. The number of halogens is 2. The molecule has 0 fully saturated rings. The first kappa shape index (κ1) is 12.2. The van der Waals surface area contributed by atoms with Gasteiger partial charge in [0.25, 0.3) is 0 Å². The van der Waals surface area contributed by atoms with Crippen LogP contribution in [0.15, 0.2) is 35.2 Å². The standard InChI is InChI=1S/C11H14Cl2S/c12-8-10(9-13)6-7-14-11-4-2-1-3-5-11/h1-5,10H,6-9H2. The van der Waals surface area contributed by atoms with Crippen LogP contribution in [0.2, 0.25) is 0 Å². The molecule has 0 radical (unpaired) electrons. The molecule has 0 saturated carbocycles. The molecule has 1 aromatic rings. The van der Waals surface area contributed by atoms with Gasteiger partial charge < -0.3 is 0 Å². The number of rotatable bonds is 6. The predicted octanol–water partition coefficient (Wildman–Crippen LogP) is 4.26. The molecule has 1 aromatic carbocycles. The lowest BCUT2D eigenvalue weighted by Crippen LogP contribution is -2.04. The van der Waals surface area contributed by atoms with Crippen molar-refractivity contribution in [1.82, 2.24) is 0 Å². The molecular formula is C11H14Cl2S. The molecule has 0 nitrogen and oxygen atoms in total. The molecule has 0 aliphatic heterocycles. The second-order valence-electron chi connectivity index (χ2n) is 3.12. The van der Waals surface area contributed by atoms with E-state index in [1.165, 1.54) is 4.90 Å². The molecule has 0 bridgehead atoms. The third-order valence-electron chi connectivity index (χ3n) is 1.97. The van der Waals surface area contributed by atoms with E-state index in [0.717, 1.165) is 12.2 Å². The van der Waals surface area contributed by atoms with Crippen molar-refractivity contribution in [2.24, 2.45) is 5.92 Å². The molecule has 0 N–H and O–H groups in total. The van der Waals surface area contributed by atoms with E-state index < -0.39 is 0 Å². The van der Waals surface area contributed by atoms with E-state index in [1.54, 1.807) is 0 Å². The number of hydrogen-bond donors (Lipinski definition) is 0. The van der Waals surface area contributed by atoms with E-state index in [-0.39, 0.29) is 0 Å². The van der Waals surface area contributed by atoms with Gasteiger partial charge in [-0.3, -0.25) is 0 Å². The second-order valence-corrected chi connectivity index (χ2v) is 4.91. The van der Waals surface area contributed by atoms with Gasteiger partial charge in [0.2, 0.25) is 0 Å². The summed E-state index contributed by atoms with van der Waals surface area (Å²) in [5, 5.41) is 0. The van der Waals surface area contributed by atoms with Crippen molar-refractivity contribution in [3.8, 4) is 0 Å². The van der Waals surface area contributed by atoms with Crippen molar-refractivity contribution in [2.75, 3.05) is 17.5 Å². The van der Waals surface area contributed by atoms with Crippen molar-refractivity contribution < 1.29 is 0 Å². The summed E-state index contributed by atoms with van der Waals surface area (Å²) in [6.07, 6.45) is 1.09. The SMILES string of the molecule is ClCC(CCl)CCSc1ccccc1. The first-order chi connectivity index (χ1) is 6.86. The quantitative estimate of drug-likeness (QED) is 0.536. The minimum Gasteiger partial charge on any atom is -0.126 e. The molecule has 0 saturated heterocycles. The van der Waals surface area contributed by atoms with E-state index in [0.29, 0.717) is 17.7 Å². The van der Waals surface area contributed by atoms with Gasteiger partial charge in [-0.15, -0.1) is 35.0 Å². The summed E-state index contributed by atoms with van der Waals surface area (Å²) >= 11 is 13.4. The molecule has 0 aromatic heterocycles. The van der Waals surface area contributed by atoms with Crippen LogP contribution in [0, 0.1) is 5.92 Å². The summed E-state index contributed by atoms with van der Waals surface area (Å²) < 4.78 is 0. The summed E-state index contributed by atoms with van der Waals surface area (Å²) in [6.45, 7) is 0. The highest BCUT2D eigenvalue weighted by molar-refractivity contribution is 7.99. The van der Waals surface area contributed by atoms with E-state index in [1.807, 2.05) is 17.8 Å². The summed E-state index contributed by atoms with van der Waals surface area (Å²) in [5.74, 6) is 2.88. The molecule has 0 aliphatic rings. The summed E-state index contributed by atoms with van der Waals surface area (Å²) in [7, 11) is 0. The van der Waals surface area contributed by atoms with Gasteiger partial charge in [-0.2, -0.15) is 0 Å². The van der Waals surface area contributed by atoms with Gasteiger partial charge in [0.05, 0.1) is 0 Å². The van der Waals surface area contributed by atoms with Gasteiger partial charge in [0, 0.05) is 16.7 Å². The Kier molecular flexibility index (Phi) is 6.50. The van der Waals surface area contributed by atoms with Crippen LogP contribution in [0.3, 0.4) is 0 Å². The van der Waals surface area contributed by atoms with Gasteiger partial charge in [-0.25, -0.2) is 0 Å². The van der Waals surface area contributed by atoms with Gasteiger partial charge in [0.15, 0.2) is 0 Å². The molecule has 14 heavy (non-hydrogen) atoms. The normalized spacial score (nSPS) is 10.8. The summed E-state index contributed by atoms with van der Waals surface area (Å²) in [6, 6.07) is 10.4. The number of hydrogen-bond acceptors (Lipinski definition) is 1. The lowest BCUT2D eigenvalue weighted by molar-refractivity contribution is 0.646. The van der Waals surface area contributed by atoms with Crippen LogP contribution in [-0.2, 0) is 0 Å². The van der Waals surface area contributed by atoms with Crippen molar-refractivity contribution in [1.29, 1.82) is 0 Å². The van der Waals surface area contributed by atoms with Crippen LogP contribution < -0.4 is 0 Å². The fourth-order valence-corrected chi connectivity index (χ4v) is 2.73. The predicted molar refractivity (Wildman–Crippen MR) is 66.7 cm³/mol.